The van der Waals surface area contributed by atoms with Gasteiger partial charge < -0.3 is 10.4 Å². The van der Waals surface area contributed by atoms with Gasteiger partial charge in [-0.15, -0.1) is 0 Å². The van der Waals surface area contributed by atoms with Crippen molar-refractivity contribution in [2.45, 2.75) is 26.8 Å². The zero-order chi connectivity index (χ0) is 13.3. The normalized spacial score (nSPS) is 12.4. The first-order valence-corrected chi connectivity index (χ1v) is 6.03. The largest absolute Gasteiger partial charge is 0.507 e. The fourth-order valence-electron chi connectivity index (χ4n) is 1.99. The maximum Gasteiger partial charge on any atom is 0.123 e. The van der Waals surface area contributed by atoms with E-state index in [0.29, 0.717) is 5.75 Å². The minimum absolute atomic E-state index is 0.0356. The molecule has 1 aromatic heterocycles. The second-order valence-corrected chi connectivity index (χ2v) is 4.71. The number of rotatable bonds is 3. The van der Waals surface area contributed by atoms with E-state index in [1.807, 2.05) is 46.1 Å². The standard InChI is InChI=1S/C14H19N3O/c1-9-5-6-13(14(18)10(9)2)11(3)16-12-7-15-17(4)8-12/h5-8,11,16,18H,1-4H3. The number of hydrogen-bond donors (Lipinski definition) is 2. The first-order valence-electron chi connectivity index (χ1n) is 6.03. The number of nitrogens with zero attached hydrogens (tertiary/aromatic N) is 2. The van der Waals surface area contributed by atoms with E-state index in [1.165, 1.54) is 0 Å². The van der Waals surface area contributed by atoms with Gasteiger partial charge in [-0.3, -0.25) is 4.68 Å². The quantitative estimate of drug-likeness (QED) is 0.874. The number of benzene rings is 1. The van der Waals surface area contributed by atoms with Crippen LogP contribution in [0.25, 0.3) is 0 Å². The molecule has 0 saturated heterocycles. The molecule has 2 rings (SSSR count). The summed E-state index contributed by atoms with van der Waals surface area (Å²) in [5, 5.41) is 17.6. The summed E-state index contributed by atoms with van der Waals surface area (Å²) in [4.78, 5) is 0. The molecule has 0 aliphatic carbocycles. The molecule has 18 heavy (non-hydrogen) atoms. The summed E-state index contributed by atoms with van der Waals surface area (Å²) in [5.41, 5.74) is 3.89. The van der Waals surface area contributed by atoms with Crippen LogP contribution >= 0.6 is 0 Å². The molecule has 0 aliphatic rings. The molecule has 0 amide bonds. The lowest BCUT2D eigenvalue weighted by molar-refractivity contribution is 0.460. The molecular formula is C14H19N3O. The van der Waals surface area contributed by atoms with Crippen molar-refractivity contribution >= 4 is 5.69 Å². The molecule has 0 spiro atoms. The number of phenols is 1. The number of phenolic OH excluding ortho intramolecular Hbond substituents is 1. The fourth-order valence-corrected chi connectivity index (χ4v) is 1.99. The monoisotopic (exact) mass is 245 g/mol. The SMILES string of the molecule is Cc1ccc(C(C)Nc2cnn(C)c2)c(O)c1C. The molecule has 0 bridgehead atoms. The highest BCUT2D eigenvalue weighted by Crippen LogP contribution is 2.31. The molecule has 1 atom stereocenters. The molecule has 4 heteroatoms. The third-order valence-electron chi connectivity index (χ3n) is 3.29. The predicted molar refractivity (Wildman–Crippen MR) is 72.8 cm³/mol. The Hall–Kier alpha value is -1.97. The Balaban J connectivity index is 2.24. The maximum absolute atomic E-state index is 10.2. The Labute approximate surface area is 107 Å². The van der Waals surface area contributed by atoms with Gasteiger partial charge in [-0.05, 0) is 31.9 Å². The van der Waals surface area contributed by atoms with Crippen LogP contribution in [0.15, 0.2) is 24.5 Å². The van der Waals surface area contributed by atoms with Crippen LogP contribution in [-0.2, 0) is 7.05 Å². The Kier molecular flexibility index (Phi) is 3.28. The lowest BCUT2D eigenvalue weighted by atomic mass is 10.00. The zero-order valence-electron chi connectivity index (χ0n) is 11.2. The lowest BCUT2D eigenvalue weighted by Crippen LogP contribution is -2.07. The highest BCUT2D eigenvalue weighted by molar-refractivity contribution is 5.49. The van der Waals surface area contributed by atoms with Gasteiger partial charge in [0, 0.05) is 18.8 Å². The molecule has 0 aliphatic heterocycles. The molecule has 0 saturated carbocycles. The minimum atomic E-state index is 0.0356. The van der Waals surface area contributed by atoms with Crippen molar-refractivity contribution in [1.82, 2.24) is 9.78 Å². The van der Waals surface area contributed by atoms with Crippen molar-refractivity contribution in [3.05, 3.63) is 41.2 Å². The number of aromatic nitrogens is 2. The van der Waals surface area contributed by atoms with Crippen LogP contribution in [0.1, 0.15) is 29.7 Å². The molecule has 0 fully saturated rings. The highest BCUT2D eigenvalue weighted by atomic mass is 16.3. The molecule has 96 valence electrons. The van der Waals surface area contributed by atoms with E-state index in [9.17, 15) is 5.11 Å². The Morgan fingerprint density at radius 1 is 1.33 bits per heavy atom. The highest BCUT2D eigenvalue weighted by Gasteiger charge is 2.13. The van der Waals surface area contributed by atoms with Crippen LogP contribution in [0.2, 0.25) is 0 Å². The summed E-state index contributed by atoms with van der Waals surface area (Å²) in [6.07, 6.45) is 3.68. The third kappa shape index (κ3) is 2.32. The van der Waals surface area contributed by atoms with Crippen molar-refractivity contribution in [2.75, 3.05) is 5.32 Å². The number of aromatic hydroxyl groups is 1. The summed E-state index contributed by atoms with van der Waals surface area (Å²) in [6, 6.07) is 4.03. The van der Waals surface area contributed by atoms with Crippen LogP contribution in [0, 0.1) is 13.8 Å². The van der Waals surface area contributed by atoms with Gasteiger partial charge in [0.1, 0.15) is 5.75 Å². The smallest absolute Gasteiger partial charge is 0.123 e. The van der Waals surface area contributed by atoms with Gasteiger partial charge in [-0.25, -0.2) is 0 Å². The lowest BCUT2D eigenvalue weighted by Gasteiger charge is -2.17. The van der Waals surface area contributed by atoms with Crippen LogP contribution in [-0.4, -0.2) is 14.9 Å². The zero-order valence-corrected chi connectivity index (χ0v) is 11.2. The second-order valence-electron chi connectivity index (χ2n) is 4.71. The average Bonchev–Trinajstić information content (AvgIpc) is 2.71. The van der Waals surface area contributed by atoms with Crippen molar-refractivity contribution < 1.29 is 5.11 Å². The summed E-state index contributed by atoms with van der Waals surface area (Å²) in [5.74, 6) is 0.374. The van der Waals surface area contributed by atoms with Crippen LogP contribution in [0.5, 0.6) is 5.75 Å². The summed E-state index contributed by atoms with van der Waals surface area (Å²) < 4.78 is 1.75. The van der Waals surface area contributed by atoms with Gasteiger partial charge >= 0.3 is 0 Å². The van der Waals surface area contributed by atoms with E-state index in [4.69, 9.17) is 0 Å². The van der Waals surface area contributed by atoms with E-state index in [-0.39, 0.29) is 6.04 Å². The van der Waals surface area contributed by atoms with Crippen molar-refractivity contribution in [3.8, 4) is 5.75 Å². The van der Waals surface area contributed by atoms with Crippen molar-refractivity contribution in [2.24, 2.45) is 7.05 Å². The van der Waals surface area contributed by atoms with Gasteiger partial charge in [0.25, 0.3) is 0 Å². The van der Waals surface area contributed by atoms with Gasteiger partial charge in [0.05, 0.1) is 17.9 Å². The van der Waals surface area contributed by atoms with E-state index < -0.39 is 0 Å². The summed E-state index contributed by atoms with van der Waals surface area (Å²) in [6.45, 7) is 5.96. The minimum Gasteiger partial charge on any atom is -0.507 e. The molecule has 2 N–H and O–H groups in total. The predicted octanol–water partition coefficient (Wildman–Crippen LogP) is 2.92. The molecule has 0 radical (unpaired) electrons. The van der Waals surface area contributed by atoms with Crippen molar-refractivity contribution in [3.63, 3.8) is 0 Å². The third-order valence-corrected chi connectivity index (χ3v) is 3.29. The molecule has 1 aromatic carbocycles. The first-order chi connectivity index (χ1) is 8.49. The molecule has 1 heterocycles. The van der Waals surface area contributed by atoms with Gasteiger partial charge in [0.15, 0.2) is 0 Å². The van der Waals surface area contributed by atoms with Gasteiger partial charge in [0.2, 0.25) is 0 Å². The Bertz CT molecular complexity index is 560. The van der Waals surface area contributed by atoms with Gasteiger partial charge in [-0.2, -0.15) is 5.10 Å². The number of aryl methyl sites for hydroxylation is 2. The summed E-state index contributed by atoms with van der Waals surface area (Å²) >= 11 is 0. The van der Waals surface area contributed by atoms with E-state index >= 15 is 0 Å². The van der Waals surface area contributed by atoms with Crippen LogP contribution in [0.4, 0.5) is 5.69 Å². The topological polar surface area (TPSA) is 50.1 Å². The number of hydrogen-bond acceptors (Lipinski definition) is 3. The van der Waals surface area contributed by atoms with E-state index in [1.54, 1.807) is 10.9 Å². The molecular weight excluding hydrogens is 226 g/mol. The second kappa shape index (κ2) is 4.72. The number of nitrogens with one attached hydrogen (secondary N) is 1. The first kappa shape index (κ1) is 12.5. The average molecular weight is 245 g/mol. The number of anilines is 1. The molecule has 1 unspecified atom stereocenters. The molecule has 2 aromatic rings. The fraction of sp³-hybridized carbons (Fsp3) is 0.357. The van der Waals surface area contributed by atoms with Crippen molar-refractivity contribution in [1.29, 1.82) is 0 Å². The van der Waals surface area contributed by atoms with Crippen LogP contribution < -0.4 is 5.32 Å². The Morgan fingerprint density at radius 2 is 2.06 bits per heavy atom. The van der Waals surface area contributed by atoms with E-state index in [0.717, 1.165) is 22.4 Å². The van der Waals surface area contributed by atoms with E-state index in [2.05, 4.69) is 10.4 Å². The maximum atomic E-state index is 10.2. The van der Waals surface area contributed by atoms with Crippen LogP contribution in [0.3, 0.4) is 0 Å². The summed E-state index contributed by atoms with van der Waals surface area (Å²) in [7, 11) is 1.88. The molecule has 4 nitrogen and oxygen atoms in total. The Morgan fingerprint density at radius 3 is 2.67 bits per heavy atom. The van der Waals surface area contributed by atoms with Gasteiger partial charge in [-0.1, -0.05) is 12.1 Å².